The van der Waals surface area contributed by atoms with Crippen molar-refractivity contribution in [1.82, 2.24) is 34.2 Å². The molecule has 5 aromatic rings. The van der Waals surface area contributed by atoms with E-state index in [0.717, 1.165) is 5.56 Å². The lowest BCUT2D eigenvalue weighted by atomic mass is 9.96. The van der Waals surface area contributed by atoms with Crippen molar-refractivity contribution in [2.24, 2.45) is 0 Å². The number of halogens is 1. The average Bonchev–Trinajstić information content (AvgIpc) is 3.50. The van der Waals surface area contributed by atoms with Gasteiger partial charge in [-0.1, -0.05) is 26.5 Å². The number of nitrogens with one attached hydrogen (secondary N) is 1. The largest absolute Gasteiger partial charge is 0.394 e. The van der Waals surface area contributed by atoms with E-state index in [2.05, 4.69) is 21.8 Å². The highest BCUT2D eigenvalue weighted by Crippen LogP contribution is 2.35. The molecule has 0 bridgehead atoms. The van der Waals surface area contributed by atoms with Gasteiger partial charge in [-0.2, -0.15) is 5.10 Å². The van der Waals surface area contributed by atoms with Gasteiger partial charge in [-0.05, 0) is 61.9 Å². The Hall–Kier alpha value is -4.97. The number of rotatable bonds is 6. The highest BCUT2D eigenvalue weighted by molar-refractivity contribution is 5.96. The number of piperidine rings is 1. The maximum atomic E-state index is 16.4. The molecule has 0 radical (unpaired) electrons. The first-order valence-electron chi connectivity index (χ1n) is 14.9. The summed E-state index contributed by atoms with van der Waals surface area (Å²) in [6, 6.07) is 5.46. The zero-order chi connectivity index (χ0) is 32.2. The molecule has 1 aliphatic heterocycles. The molecule has 0 aliphatic carbocycles. The van der Waals surface area contributed by atoms with Gasteiger partial charge < -0.3 is 10.0 Å². The number of hydrogen-bond acceptors (Lipinski definition) is 7. The molecule has 1 aliphatic rings. The van der Waals surface area contributed by atoms with Crippen LogP contribution in [0.25, 0.3) is 39.0 Å². The topological polar surface area (TPSA) is 139 Å². The maximum absolute atomic E-state index is 16.4. The van der Waals surface area contributed by atoms with Crippen LogP contribution in [0, 0.1) is 19.7 Å². The minimum absolute atomic E-state index is 0.0117. The van der Waals surface area contributed by atoms with Gasteiger partial charge in [0.05, 0.1) is 41.3 Å². The van der Waals surface area contributed by atoms with Crippen molar-refractivity contribution in [2.75, 3.05) is 13.2 Å². The zero-order valence-corrected chi connectivity index (χ0v) is 25.5. The number of nitrogens with zero attached hydrogens (tertiary/aromatic N) is 6. The Morgan fingerprint density at radius 1 is 1.20 bits per heavy atom. The number of fused-ring (bicyclic) bond motifs is 2. The summed E-state index contributed by atoms with van der Waals surface area (Å²) >= 11 is 0. The Morgan fingerprint density at radius 2 is 1.98 bits per heavy atom. The first-order chi connectivity index (χ1) is 21.6. The summed E-state index contributed by atoms with van der Waals surface area (Å²) in [6.45, 7) is 11.0. The van der Waals surface area contributed by atoms with Gasteiger partial charge >= 0.3 is 11.1 Å². The van der Waals surface area contributed by atoms with Crippen LogP contribution in [0.1, 0.15) is 55.5 Å². The van der Waals surface area contributed by atoms with Gasteiger partial charge in [0, 0.05) is 35.8 Å². The number of aliphatic hydroxyl groups excluding tert-OH is 1. The Labute approximate surface area is 257 Å². The molecule has 1 amide bonds. The number of carbonyl (C=O) groups excluding carboxylic acids is 1. The molecule has 12 heteroatoms. The highest BCUT2D eigenvalue weighted by Gasteiger charge is 2.34. The van der Waals surface area contributed by atoms with Crippen LogP contribution in [0.4, 0.5) is 4.39 Å². The summed E-state index contributed by atoms with van der Waals surface area (Å²) in [5.41, 5.74) is 2.21. The predicted octanol–water partition coefficient (Wildman–Crippen LogP) is 4.08. The van der Waals surface area contributed by atoms with Gasteiger partial charge in [-0.15, -0.1) is 0 Å². The van der Waals surface area contributed by atoms with Crippen LogP contribution >= 0.6 is 0 Å². The predicted molar refractivity (Wildman–Crippen MR) is 169 cm³/mol. The van der Waals surface area contributed by atoms with E-state index >= 15 is 4.39 Å². The van der Waals surface area contributed by atoms with Crippen LogP contribution in [0.15, 0.2) is 58.9 Å². The summed E-state index contributed by atoms with van der Waals surface area (Å²) in [7, 11) is 0. The van der Waals surface area contributed by atoms with E-state index in [1.54, 1.807) is 18.5 Å². The Morgan fingerprint density at radius 3 is 2.69 bits per heavy atom. The summed E-state index contributed by atoms with van der Waals surface area (Å²) < 4.78 is 18.9. The van der Waals surface area contributed by atoms with Crippen LogP contribution in [0.3, 0.4) is 0 Å². The van der Waals surface area contributed by atoms with E-state index in [1.807, 2.05) is 39.8 Å². The number of amides is 1. The lowest BCUT2D eigenvalue weighted by molar-refractivity contribution is -0.131. The maximum Gasteiger partial charge on any atom is 0.322 e. The molecule has 0 saturated carbocycles. The van der Waals surface area contributed by atoms with Gasteiger partial charge in [0.15, 0.2) is 11.5 Å². The molecule has 0 spiro atoms. The lowest BCUT2D eigenvalue weighted by Crippen LogP contribution is -2.50. The summed E-state index contributed by atoms with van der Waals surface area (Å²) in [4.78, 5) is 51.7. The van der Waals surface area contributed by atoms with Crippen molar-refractivity contribution in [3.63, 3.8) is 0 Å². The van der Waals surface area contributed by atoms with Gasteiger partial charge in [0.2, 0.25) is 5.91 Å². The van der Waals surface area contributed by atoms with E-state index in [9.17, 15) is 19.5 Å². The number of likely N-dealkylation sites (tertiary alicyclic amines) is 1. The lowest BCUT2D eigenvalue weighted by Gasteiger charge is -2.39. The molecule has 2 N–H and O–H groups in total. The number of carbonyl (C=O) groups is 1. The molecule has 6 rings (SSSR count). The van der Waals surface area contributed by atoms with Crippen LogP contribution in [-0.2, 0) is 4.79 Å². The first kappa shape index (κ1) is 30.1. The minimum Gasteiger partial charge on any atom is -0.394 e. The highest BCUT2D eigenvalue weighted by atomic mass is 19.1. The minimum atomic E-state index is -0.854. The second-order valence-corrected chi connectivity index (χ2v) is 11.8. The van der Waals surface area contributed by atoms with Crippen molar-refractivity contribution in [3.05, 3.63) is 92.7 Å². The van der Waals surface area contributed by atoms with Gasteiger partial charge in [0.1, 0.15) is 5.69 Å². The molecule has 11 nitrogen and oxygen atoms in total. The quantitative estimate of drug-likeness (QED) is 0.218. The second-order valence-electron chi connectivity index (χ2n) is 11.8. The van der Waals surface area contributed by atoms with Crippen molar-refractivity contribution in [2.45, 2.75) is 58.5 Å². The van der Waals surface area contributed by atoms with Crippen LogP contribution in [0.2, 0.25) is 0 Å². The molecule has 1 saturated heterocycles. The third-order valence-electron chi connectivity index (χ3n) is 8.73. The molecule has 4 aromatic heterocycles. The number of aromatic amines is 1. The van der Waals surface area contributed by atoms with E-state index < -0.39 is 29.0 Å². The first-order valence-corrected chi connectivity index (χ1v) is 14.9. The van der Waals surface area contributed by atoms with E-state index in [0.29, 0.717) is 39.8 Å². The Balaban J connectivity index is 1.70. The summed E-state index contributed by atoms with van der Waals surface area (Å²) in [5, 5.41) is 17.8. The van der Waals surface area contributed by atoms with Gasteiger partial charge in [-0.25, -0.2) is 9.37 Å². The van der Waals surface area contributed by atoms with Crippen LogP contribution in [0.5, 0.6) is 0 Å². The molecule has 1 fully saturated rings. The standard InChI is InChI=1S/C33H34FN7O4/c1-6-26(43)39-12-10-20(13-21(39)16-42)40-25-14-23(34)29(27-18(4)7-8-24-22(27)15-36-38-24)37-31(25)41(33(45)32(40)44)30-19(5)9-11-35-28(30)17(2)3/h6-9,11,14-15,17,20-21,42H,1,10,12-13,16H2,2-5H3,(H,36,38)/t20?,21-/m1/s1. The summed E-state index contributed by atoms with van der Waals surface area (Å²) in [6.07, 6.45) is 4.91. The van der Waals surface area contributed by atoms with E-state index in [-0.39, 0.29) is 48.3 Å². The second kappa shape index (κ2) is 11.5. The van der Waals surface area contributed by atoms with Gasteiger partial charge in [0.25, 0.3) is 0 Å². The molecular weight excluding hydrogens is 577 g/mol. The number of hydrogen-bond donors (Lipinski definition) is 2. The van der Waals surface area contributed by atoms with Crippen LogP contribution < -0.4 is 11.1 Å². The number of aryl methyl sites for hydroxylation is 2. The number of aromatic nitrogens is 6. The Kier molecular flexibility index (Phi) is 7.69. The molecule has 45 heavy (non-hydrogen) atoms. The number of benzene rings is 1. The smallest absolute Gasteiger partial charge is 0.322 e. The molecule has 5 heterocycles. The van der Waals surface area contributed by atoms with Crippen molar-refractivity contribution < 1.29 is 14.3 Å². The summed E-state index contributed by atoms with van der Waals surface area (Å²) in [5.74, 6) is -1.12. The monoisotopic (exact) mass is 611 g/mol. The molecule has 1 aromatic carbocycles. The zero-order valence-electron chi connectivity index (χ0n) is 25.5. The third kappa shape index (κ3) is 4.85. The van der Waals surface area contributed by atoms with Crippen molar-refractivity contribution in [1.29, 1.82) is 0 Å². The number of pyridine rings is 2. The van der Waals surface area contributed by atoms with Crippen molar-refractivity contribution in [3.8, 4) is 16.9 Å². The molecular formula is C33H34FN7O4. The van der Waals surface area contributed by atoms with E-state index in [4.69, 9.17) is 4.98 Å². The fourth-order valence-corrected chi connectivity index (χ4v) is 6.53. The van der Waals surface area contributed by atoms with Crippen molar-refractivity contribution >= 4 is 28.0 Å². The average molecular weight is 612 g/mol. The molecule has 232 valence electrons. The molecule has 2 atom stereocenters. The number of H-pyrrole nitrogens is 1. The normalized spacial score (nSPS) is 17.0. The SMILES string of the molecule is C=CC(=O)N1CCC(n2c(=O)c(=O)n(-c3c(C)ccnc3C(C)C)c3nc(-c4c(C)ccc5[nH]ncc45)c(F)cc32)C[C@@H]1CO. The third-order valence-corrected chi connectivity index (χ3v) is 8.73. The van der Waals surface area contributed by atoms with Crippen LogP contribution in [-0.4, -0.2) is 64.4 Å². The Bertz CT molecular complexity index is 2110. The molecule has 1 unspecified atom stereocenters. The van der Waals surface area contributed by atoms with Gasteiger partial charge in [-0.3, -0.25) is 33.6 Å². The van der Waals surface area contributed by atoms with E-state index in [1.165, 1.54) is 26.2 Å². The fourth-order valence-electron chi connectivity index (χ4n) is 6.53. The number of aliphatic hydroxyl groups is 1. The fraction of sp³-hybridized carbons (Fsp3) is 0.333.